The maximum Gasteiger partial charge on any atom is 0.211 e. The van der Waals surface area contributed by atoms with Crippen LogP contribution in [0, 0.1) is 0 Å². The number of benzene rings is 2. The normalized spacial score (nSPS) is 10.5. The van der Waals surface area contributed by atoms with Gasteiger partial charge in [-0.2, -0.15) is 5.10 Å². The highest BCUT2D eigenvalue weighted by atomic mass is 35.5. The van der Waals surface area contributed by atoms with Crippen LogP contribution in [-0.2, 0) is 6.61 Å². The summed E-state index contributed by atoms with van der Waals surface area (Å²) in [7, 11) is 0. The first-order valence-corrected chi connectivity index (χ1v) is 6.61. The van der Waals surface area contributed by atoms with Crippen molar-refractivity contribution in [2.45, 2.75) is 6.61 Å². The molecular formula is C15H15ClN4O. The second-order valence-electron chi connectivity index (χ2n) is 4.22. The van der Waals surface area contributed by atoms with E-state index in [1.807, 2.05) is 48.5 Å². The number of nitrogens with two attached hydrogens (primary N) is 2. The molecule has 108 valence electrons. The van der Waals surface area contributed by atoms with Gasteiger partial charge in [0.1, 0.15) is 12.4 Å². The number of rotatable bonds is 5. The molecule has 0 spiro atoms. The summed E-state index contributed by atoms with van der Waals surface area (Å²) in [6.45, 7) is 0.435. The molecule has 2 aromatic carbocycles. The Morgan fingerprint density at radius 2 is 1.81 bits per heavy atom. The van der Waals surface area contributed by atoms with Gasteiger partial charge < -0.3 is 16.2 Å². The van der Waals surface area contributed by atoms with Gasteiger partial charge in [-0.15, -0.1) is 5.10 Å². The minimum Gasteiger partial charge on any atom is -0.488 e. The standard InChI is InChI=1S/C15H15ClN4O/c16-13-7-5-11(6-8-13)10-21-14-4-2-1-3-12(14)9-19-20-15(17)18/h1-9H,10H2,(H4,17,18,20)/b19-9+. The number of hydrogen-bond acceptors (Lipinski definition) is 3. The fourth-order valence-electron chi connectivity index (χ4n) is 1.62. The predicted octanol–water partition coefficient (Wildman–Crippen LogP) is 2.53. The first kappa shape index (κ1) is 14.9. The van der Waals surface area contributed by atoms with Crippen LogP contribution in [0.1, 0.15) is 11.1 Å². The second kappa shape index (κ2) is 7.31. The molecule has 0 heterocycles. The third-order valence-electron chi connectivity index (χ3n) is 2.60. The zero-order valence-corrected chi connectivity index (χ0v) is 12.0. The topological polar surface area (TPSA) is 86.0 Å². The minimum absolute atomic E-state index is 0.0918. The summed E-state index contributed by atoms with van der Waals surface area (Å²) in [5, 5.41) is 8.04. The van der Waals surface area contributed by atoms with Crippen molar-refractivity contribution in [3.63, 3.8) is 0 Å². The summed E-state index contributed by atoms with van der Waals surface area (Å²) in [6, 6.07) is 15.0. The molecule has 0 aliphatic carbocycles. The van der Waals surface area contributed by atoms with Crippen molar-refractivity contribution in [3.8, 4) is 5.75 Å². The summed E-state index contributed by atoms with van der Waals surface area (Å²) in [5.41, 5.74) is 12.2. The molecule has 0 aliphatic heterocycles. The molecule has 0 aliphatic rings. The lowest BCUT2D eigenvalue weighted by Crippen LogP contribution is -2.21. The van der Waals surface area contributed by atoms with Crippen LogP contribution in [0.3, 0.4) is 0 Å². The van der Waals surface area contributed by atoms with Crippen LogP contribution < -0.4 is 16.2 Å². The average molecular weight is 303 g/mol. The van der Waals surface area contributed by atoms with E-state index in [9.17, 15) is 0 Å². The monoisotopic (exact) mass is 302 g/mol. The van der Waals surface area contributed by atoms with E-state index in [0.717, 1.165) is 11.1 Å². The van der Waals surface area contributed by atoms with Crippen LogP contribution >= 0.6 is 11.6 Å². The third-order valence-corrected chi connectivity index (χ3v) is 2.85. The van der Waals surface area contributed by atoms with Crippen molar-refractivity contribution in [3.05, 3.63) is 64.7 Å². The second-order valence-corrected chi connectivity index (χ2v) is 4.66. The van der Waals surface area contributed by atoms with Crippen molar-refractivity contribution in [2.75, 3.05) is 0 Å². The zero-order chi connectivity index (χ0) is 15.1. The van der Waals surface area contributed by atoms with E-state index in [4.69, 9.17) is 27.8 Å². The first-order valence-electron chi connectivity index (χ1n) is 6.23. The van der Waals surface area contributed by atoms with Gasteiger partial charge in [0.2, 0.25) is 5.96 Å². The van der Waals surface area contributed by atoms with E-state index in [1.54, 1.807) is 0 Å². The van der Waals surface area contributed by atoms with Gasteiger partial charge in [-0.1, -0.05) is 35.9 Å². The van der Waals surface area contributed by atoms with Crippen LogP contribution in [0.4, 0.5) is 0 Å². The Morgan fingerprint density at radius 1 is 1.10 bits per heavy atom. The van der Waals surface area contributed by atoms with Crippen molar-refractivity contribution >= 4 is 23.8 Å². The molecule has 0 aromatic heterocycles. The average Bonchev–Trinajstić information content (AvgIpc) is 2.47. The largest absolute Gasteiger partial charge is 0.488 e. The molecule has 0 unspecified atom stereocenters. The lowest BCUT2D eigenvalue weighted by molar-refractivity contribution is 0.306. The molecule has 0 bridgehead atoms. The molecule has 5 nitrogen and oxygen atoms in total. The highest BCUT2D eigenvalue weighted by Crippen LogP contribution is 2.18. The van der Waals surface area contributed by atoms with Gasteiger partial charge in [-0.25, -0.2) is 0 Å². The van der Waals surface area contributed by atoms with Crippen LogP contribution in [0.25, 0.3) is 0 Å². The van der Waals surface area contributed by atoms with Gasteiger partial charge in [0.15, 0.2) is 0 Å². The van der Waals surface area contributed by atoms with Crippen molar-refractivity contribution in [2.24, 2.45) is 21.7 Å². The number of nitrogens with zero attached hydrogens (tertiary/aromatic N) is 2. The molecule has 0 saturated carbocycles. The van der Waals surface area contributed by atoms with E-state index < -0.39 is 0 Å². The molecule has 0 fully saturated rings. The van der Waals surface area contributed by atoms with E-state index in [2.05, 4.69) is 10.2 Å². The first-order chi connectivity index (χ1) is 10.1. The lowest BCUT2D eigenvalue weighted by atomic mass is 10.2. The summed E-state index contributed by atoms with van der Waals surface area (Å²) in [4.78, 5) is 0. The quantitative estimate of drug-likeness (QED) is 0.505. The Kier molecular flexibility index (Phi) is 5.17. The van der Waals surface area contributed by atoms with Gasteiger partial charge in [0.05, 0.1) is 6.21 Å². The molecule has 6 heteroatoms. The zero-order valence-electron chi connectivity index (χ0n) is 11.2. The van der Waals surface area contributed by atoms with Gasteiger partial charge in [-0.05, 0) is 29.8 Å². The number of ether oxygens (including phenoxy) is 1. The van der Waals surface area contributed by atoms with E-state index in [0.29, 0.717) is 17.4 Å². The molecule has 0 saturated heterocycles. The number of halogens is 1. The SMILES string of the molecule is NC(N)=N/N=C/c1ccccc1OCc1ccc(Cl)cc1. The van der Waals surface area contributed by atoms with Crippen molar-refractivity contribution in [1.29, 1.82) is 0 Å². The molecular weight excluding hydrogens is 288 g/mol. The van der Waals surface area contributed by atoms with Gasteiger partial charge in [0.25, 0.3) is 0 Å². The highest BCUT2D eigenvalue weighted by molar-refractivity contribution is 6.30. The molecule has 0 radical (unpaired) electrons. The molecule has 0 amide bonds. The van der Waals surface area contributed by atoms with Gasteiger partial charge in [-0.3, -0.25) is 0 Å². The molecule has 2 rings (SSSR count). The van der Waals surface area contributed by atoms with E-state index in [-0.39, 0.29) is 5.96 Å². The summed E-state index contributed by atoms with van der Waals surface area (Å²) in [6.07, 6.45) is 1.54. The summed E-state index contributed by atoms with van der Waals surface area (Å²) < 4.78 is 5.78. The van der Waals surface area contributed by atoms with E-state index in [1.165, 1.54) is 6.21 Å². The number of para-hydroxylation sites is 1. The summed E-state index contributed by atoms with van der Waals surface area (Å²) >= 11 is 5.85. The molecule has 2 aromatic rings. The smallest absolute Gasteiger partial charge is 0.211 e. The highest BCUT2D eigenvalue weighted by Gasteiger charge is 2.01. The Morgan fingerprint density at radius 3 is 2.52 bits per heavy atom. The maximum absolute atomic E-state index is 5.85. The van der Waals surface area contributed by atoms with Gasteiger partial charge >= 0.3 is 0 Å². The maximum atomic E-state index is 5.85. The minimum atomic E-state index is -0.0918. The van der Waals surface area contributed by atoms with Crippen LogP contribution in [0.2, 0.25) is 5.02 Å². The van der Waals surface area contributed by atoms with Crippen LogP contribution in [0.15, 0.2) is 58.7 Å². The van der Waals surface area contributed by atoms with E-state index >= 15 is 0 Å². The third kappa shape index (κ3) is 4.81. The van der Waals surface area contributed by atoms with Crippen molar-refractivity contribution < 1.29 is 4.74 Å². The van der Waals surface area contributed by atoms with Crippen molar-refractivity contribution in [1.82, 2.24) is 0 Å². The summed E-state index contributed by atoms with van der Waals surface area (Å²) in [5.74, 6) is 0.604. The van der Waals surface area contributed by atoms with Crippen LogP contribution in [0.5, 0.6) is 5.75 Å². The Hall–Kier alpha value is -2.53. The fraction of sp³-hybridized carbons (Fsp3) is 0.0667. The molecule has 4 N–H and O–H groups in total. The lowest BCUT2D eigenvalue weighted by Gasteiger charge is -2.08. The molecule has 21 heavy (non-hydrogen) atoms. The number of hydrogen-bond donors (Lipinski definition) is 2. The Bertz CT molecular complexity index is 649. The van der Waals surface area contributed by atoms with Gasteiger partial charge in [0, 0.05) is 10.6 Å². The Labute approximate surface area is 127 Å². The predicted molar refractivity (Wildman–Crippen MR) is 85.6 cm³/mol. The molecule has 0 atom stereocenters. The fourth-order valence-corrected chi connectivity index (χ4v) is 1.74. The Balaban J connectivity index is 2.07. The van der Waals surface area contributed by atoms with Crippen LogP contribution in [-0.4, -0.2) is 12.2 Å². The number of guanidine groups is 1.